The number of unbranched alkanes of at least 4 members (excludes halogenated alkanes) is 6. The monoisotopic (exact) mass is 810 g/mol. The third kappa shape index (κ3) is 10.6. The number of rotatable bonds is 22. The molecule has 0 atom stereocenters. The van der Waals surface area contributed by atoms with Gasteiger partial charge in [-0.25, -0.2) is 0 Å². The van der Waals surface area contributed by atoms with Crippen molar-refractivity contribution < 1.29 is 0 Å². The van der Waals surface area contributed by atoms with Crippen molar-refractivity contribution in [2.24, 2.45) is 0 Å². The minimum atomic E-state index is -2.37. The number of benzene rings is 3. The molecule has 0 fully saturated rings. The molecule has 0 saturated carbocycles. The average molecular weight is 808 g/mol. The van der Waals surface area contributed by atoms with E-state index in [1.165, 1.54) is 99.3 Å². The number of hydrogen-bond acceptors (Lipinski definition) is 0. The molecule has 0 saturated heterocycles. The Kier molecular flexibility index (Phi) is 17.6. The van der Waals surface area contributed by atoms with Crippen LogP contribution in [0.5, 0.6) is 0 Å². The van der Waals surface area contributed by atoms with E-state index < -0.39 is 36.8 Å². The molecule has 0 aliphatic rings. The molecule has 0 nitrogen and oxygen atoms in total. The molecule has 2 heteroatoms. The van der Waals surface area contributed by atoms with Crippen LogP contribution in [0.3, 0.4) is 0 Å². The van der Waals surface area contributed by atoms with Gasteiger partial charge in [0.1, 0.15) is 0 Å². The first kappa shape index (κ1) is 37.7. The normalized spacial score (nSPS) is 12.1. The maximum absolute atomic E-state index is 2.56. The summed E-state index contributed by atoms with van der Waals surface area (Å²) >= 11 is -4.74. The first-order chi connectivity index (χ1) is 21.5. The molecule has 0 bridgehead atoms. The fraction of sp³-hybridized carbons (Fsp3) is 0.571. The Morgan fingerprint density at radius 3 is 0.659 bits per heavy atom. The van der Waals surface area contributed by atoms with Gasteiger partial charge in [-0.05, 0) is 0 Å². The van der Waals surface area contributed by atoms with Crippen LogP contribution in [0.2, 0.25) is 26.6 Å². The third-order valence-electron chi connectivity index (χ3n) is 10.6. The van der Waals surface area contributed by atoms with Gasteiger partial charge in [-0.15, -0.1) is 0 Å². The van der Waals surface area contributed by atoms with Crippen molar-refractivity contribution >= 4 is 43.9 Å². The Morgan fingerprint density at radius 1 is 0.295 bits per heavy atom. The molecule has 0 N–H and O–H groups in total. The first-order valence-electron chi connectivity index (χ1n) is 18.8. The second-order valence-corrected chi connectivity index (χ2v) is 40.4. The zero-order valence-electron chi connectivity index (χ0n) is 29.7. The third-order valence-corrected chi connectivity index (χ3v) is 41.9. The summed E-state index contributed by atoms with van der Waals surface area (Å²) in [4.78, 5) is 0. The van der Waals surface area contributed by atoms with E-state index in [1.807, 2.05) is 0 Å². The Hall–Kier alpha value is -0.743. The molecule has 44 heavy (non-hydrogen) atoms. The molecule has 0 spiro atoms. The van der Waals surface area contributed by atoms with Crippen molar-refractivity contribution in [2.75, 3.05) is 0 Å². The molecule has 3 aromatic rings. The Bertz CT molecular complexity index is 1020. The maximum atomic E-state index is 2.56. The van der Waals surface area contributed by atoms with E-state index in [9.17, 15) is 0 Å². The van der Waals surface area contributed by atoms with Crippen LogP contribution >= 0.6 is 0 Å². The summed E-state index contributed by atoms with van der Waals surface area (Å²) < 4.78 is 12.8. The average Bonchev–Trinajstić information content (AvgIpc) is 3.08. The van der Waals surface area contributed by atoms with Crippen LogP contribution in [0.4, 0.5) is 0 Å². The van der Waals surface area contributed by atoms with Crippen LogP contribution in [0, 0.1) is 0 Å². The minimum absolute atomic E-state index is 1.34. The quantitative estimate of drug-likeness (QED) is 0.0887. The van der Waals surface area contributed by atoms with Crippen LogP contribution in [0.1, 0.15) is 119 Å². The molecule has 0 heterocycles. The van der Waals surface area contributed by atoms with Crippen molar-refractivity contribution in [3.05, 3.63) is 72.8 Å². The van der Waals surface area contributed by atoms with Crippen LogP contribution < -0.4 is 7.16 Å². The molecule has 3 rings (SSSR count). The van der Waals surface area contributed by atoms with Gasteiger partial charge in [0.2, 0.25) is 0 Å². The van der Waals surface area contributed by atoms with E-state index in [2.05, 4.69) is 114 Å². The van der Waals surface area contributed by atoms with Crippen molar-refractivity contribution in [3.8, 4) is 22.3 Å². The summed E-state index contributed by atoms with van der Waals surface area (Å²) in [5.41, 5.74) is 5.45. The molecule has 0 aromatic heterocycles. The predicted octanol–water partition coefficient (Wildman–Crippen LogP) is 13.1. The fourth-order valence-electron chi connectivity index (χ4n) is 7.59. The van der Waals surface area contributed by atoms with Crippen molar-refractivity contribution in [1.82, 2.24) is 0 Å². The summed E-state index contributed by atoms with van der Waals surface area (Å²) in [5, 5.41) is 0. The Balaban J connectivity index is 1.82. The summed E-state index contributed by atoms with van der Waals surface area (Å²) in [6.45, 7) is 14.3. The second-order valence-electron chi connectivity index (χ2n) is 13.9. The molecule has 0 aliphatic carbocycles. The molecule has 3 aromatic carbocycles. The van der Waals surface area contributed by atoms with Gasteiger partial charge in [-0.3, -0.25) is 0 Å². The second kappa shape index (κ2) is 20.5. The zero-order valence-corrected chi connectivity index (χ0v) is 35.4. The molecule has 0 aliphatic heterocycles. The standard InChI is InChI=1S/C18H12.6C4H9.2Sn/c1-3-7-15(8-4-1)17-11-13-18(14-12-17)16-9-5-2-6-10-16;6*1-3-4-2;;/h3-14H;6*1,3-4H2,2H3;;. The van der Waals surface area contributed by atoms with Gasteiger partial charge < -0.3 is 0 Å². The van der Waals surface area contributed by atoms with Gasteiger partial charge in [-0.2, -0.15) is 0 Å². The van der Waals surface area contributed by atoms with Gasteiger partial charge in [0.25, 0.3) is 0 Å². The van der Waals surface area contributed by atoms with Crippen LogP contribution in [0.25, 0.3) is 22.3 Å². The van der Waals surface area contributed by atoms with Gasteiger partial charge >= 0.3 is 284 Å². The molecule has 0 amide bonds. The van der Waals surface area contributed by atoms with E-state index in [1.54, 1.807) is 33.8 Å². The summed E-state index contributed by atoms with van der Waals surface area (Å²) in [6, 6.07) is 29.5. The van der Waals surface area contributed by atoms with Crippen LogP contribution in [-0.4, -0.2) is 36.8 Å². The van der Waals surface area contributed by atoms with Crippen LogP contribution in [0.15, 0.2) is 72.8 Å². The predicted molar refractivity (Wildman–Crippen MR) is 206 cm³/mol. The topological polar surface area (TPSA) is 0 Å². The summed E-state index contributed by atoms with van der Waals surface area (Å²) in [7, 11) is 0. The van der Waals surface area contributed by atoms with Gasteiger partial charge in [0, 0.05) is 0 Å². The van der Waals surface area contributed by atoms with Gasteiger partial charge in [0.05, 0.1) is 0 Å². The summed E-state index contributed by atoms with van der Waals surface area (Å²) in [6.07, 6.45) is 16.6. The van der Waals surface area contributed by atoms with Crippen LogP contribution in [-0.2, 0) is 0 Å². The Labute approximate surface area is 282 Å². The first-order valence-corrected chi connectivity index (χ1v) is 33.8. The van der Waals surface area contributed by atoms with E-state index in [0.29, 0.717) is 0 Å². The van der Waals surface area contributed by atoms with E-state index in [4.69, 9.17) is 0 Å². The fourth-order valence-corrected chi connectivity index (χ4v) is 39.5. The van der Waals surface area contributed by atoms with Crippen molar-refractivity contribution in [1.29, 1.82) is 0 Å². The number of hydrogen-bond donors (Lipinski definition) is 0. The zero-order chi connectivity index (χ0) is 31.7. The molecular formula is C42H66Sn2. The molecule has 0 unspecified atom stereocenters. The van der Waals surface area contributed by atoms with E-state index in [-0.39, 0.29) is 0 Å². The van der Waals surface area contributed by atoms with Crippen molar-refractivity contribution in [3.63, 3.8) is 0 Å². The summed E-state index contributed by atoms with van der Waals surface area (Å²) in [5.74, 6) is 0. The van der Waals surface area contributed by atoms with E-state index >= 15 is 0 Å². The molecular weight excluding hydrogens is 742 g/mol. The SMILES string of the molecule is CCC[CH2][Sn]([CH2]CCC)([CH2]CCC)[c]1ccc(-c2ccc(-c3cc[c]([Sn]([CH2]CCC)([CH2]CCC)[CH2]CCC)cc3)cc2)cc1. The van der Waals surface area contributed by atoms with Gasteiger partial charge in [0.15, 0.2) is 0 Å². The molecule has 0 radical (unpaired) electrons. The van der Waals surface area contributed by atoms with Gasteiger partial charge in [-0.1, -0.05) is 0 Å². The Morgan fingerprint density at radius 2 is 0.477 bits per heavy atom. The van der Waals surface area contributed by atoms with E-state index in [0.717, 1.165) is 0 Å². The molecule has 242 valence electrons. The van der Waals surface area contributed by atoms with Crippen molar-refractivity contribution in [2.45, 2.75) is 145 Å².